The van der Waals surface area contributed by atoms with Crippen LogP contribution >= 0.6 is 0 Å². The second kappa shape index (κ2) is 4.98. The summed E-state index contributed by atoms with van der Waals surface area (Å²) in [5.74, 6) is 2.14. The topological polar surface area (TPSA) is 24.1 Å². The molecule has 5 rings (SSSR count). The van der Waals surface area contributed by atoms with Crippen LogP contribution in [0.5, 0.6) is 0 Å². The minimum absolute atomic E-state index is 0.683. The molecule has 5 aliphatic carbocycles. The Hall–Kier alpha value is -0.0800. The fourth-order valence-electron chi connectivity index (χ4n) is 6.30. The van der Waals surface area contributed by atoms with Gasteiger partial charge in [-0.05, 0) is 93.5 Å². The van der Waals surface area contributed by atoms with Crippen molar-refractivity contribution in [1.29, 1.82) is 0 Å². The highest BCUT2D eigenvalue weighted by atomic mass is 15.0. The van der Waals surface area contributed by atoms with Crippen LogP contribution in [0.4, 0.5) is 0 Å². The standard InChI is InChI=1S/C18H32N2/c1-17-8-14-7-15(9-17)11-18(10-14,12-17)13-19-5-2-6-20-16-3-4-16/h14-16,19-20H,2-13H2,1H3. The fourth-order valence-corrected chi connectivity index (χ4v) is 6.30. The largest absolute Gasteiger partial charge is 0.316 e. The van der Waals surface area contributed by atoms with Gasteiger partial charge in [0.1, 0.15) is 0 Å². The SMILES string of the molecule is CC12CC3CC(C1)CC(CNCCCNC1CC1)(C3)C2. The van der Waals surface area contributed by atoms with Gasteiger partial charge in [0.25, 0.3) is 0 Å². The van der Waals surface area contributed by atoms with Crippen LogP contribution in [-0.2, 0) is 0 Å². The molecule has 0 radical (unpaired) electrons. The molecule has 2 nitrogen and oxygen atoms in total. The summed E-state index contributed by atoms with van der Waals surface area (Å²) in [5.41, 5.74) is 1.39. The average Bonchev–Trinajstić information content (AvgIpc) is 3.14. The van der Waals surface area contributed by atoms with E-state index in [4.69, 9.17) is 0 Å². The van der Waals surface area contributed by atoms with Crippen LogP contribution in [0.15, 0.2) is 0 Å². The van der Waals surface area contributed by atoms with E-state index < -0.39 is 0 Å². The van der Waals surface area contributed by atoms with Crippen molar-refractivity contribution < 1.29 is 0 Å². The summed E-state index contributed by atoms with van der Waals surface area (Å²) in [6.07, 6.45) is 13.3. The molecule has 5 saturated carbocycles. The van der Waals surface area contributed by atoms with Gasteiger partial charge in [-0.1, -0.05) is 6.92 Å². The Labute approximate surface area is 124 Å². The summed E-state index contributed by atoms with van der Waals surface area (Å²) < 4.78 is 0. The van der Waals surface area contributed by atoms with E-state index in [0.29, 0.717) is 10.8 Å². The van der Waals surface area contributed by atoms with Crippen LogP contribution in [0.2, 0.25) is 0 Å². The van der Waals surface area contributed by atoms with Gasteiger partial charge in [-0.2, -0.15) is 0 Å². The Morgan fingerprint density at radius 3 is 2.40 bits per heavy atom. The van der Waals surface area contributed by atoms with Gasteiger partial charge in [0.15, 0.2) is 0 Å². The smallest absolute Gasteiger partial charge is 0.00682 e. The number of nitrogens with one attached hydrogen (secondary N) is 2. The highest BCUT2D eigenvalue weighted by Crippen LogP contribution is 2.64. The van der Waals surface area contributed by atoms with E-state index in [-0.39, 0.29) is 0 Å². The van der Waals surface area contributed by atoms with Gasteiger partial charge >= 0.3 is 0 Å². The number of hydrogen-bond donors (Lipinski definition) is 2. The molecular weight excluding hydrogens is 244 g/mol. The molecule has 2 N–H and O–H groups in total. The maximum atomic E-state index is 3.81. The average molecular weight is 276 g/mol. The minimum atomic E-state index is 0.683. The Kier molecular flexibility index (Phi) is 3.38. The summed E-state index contributed by atoms with van der Waals surface area (Å²) in [6, 6.07) is 0.873. The van der Waals surface area contributed by atoms with Crippen molar-refractivity contribution in [2.75, 3.05) is 19.6 Å². The molecule has 0 amide bonds. The maximum Gasteiger partial charge on any atom is 0.00682 e. The maximum absolute atomic E-state index is 3.81. The minimum Gasteiger partial charge on any atom is -0.316 e. The Morgan fingerprint density at radius 2 is 1.75 bits per heavy atom. The van der Waals surface area contributed by atoms with E-state index >= 15 is 0 Å². The van der Waals surface area contributed by atoms with Crippen molar-refractivity contribution in [3.63, 3.8) is 0 Å². The van der Waals surface area contributed by atoms with Gasteiger partial charge in [0.05, 0.1) is 0 Å². The van der Waals surface area contributed by atoms with Gasteiger partial charge in [-0.3, -0.25) is 0 Å². The van der Waals surface area contributed by atoms with E-state index in [0.717, 1.165) is 17.9 Å². The molecule has 5 fully saturated rings. The second-order valence-corrected chi connectivity index (χ2v) is 9.03. The molecule has 2 unspecified atom stereocenters. The number of hydrogen-bond acceptors (Lipinski definition) is 2. The molecule has 114 valence electrons. The van der Waals surface area contributed by atoms with Crippen LogP contribution in [0.3, 0.4) is 0 Å². The molecule has 0 aromatic carbocycles. The molecule has 2 heteroatoms. The first-order valence-corrected chi connectivity index (χ1v) is 9.09. The molecule has 0 aromatic rings. The normalized spacial score (nSPS) is 46.0. The molecule has 20 heavy (non-hydrogen) atoms. The predicted molar refractivity (Wildman–Crippen MR) is 83.7 cm³/mol. The third-order valence-corrected chi connectivity index (χ3v) is 6.52. The Bertz CT molecular complexity index is 346. The van der Waals surface area contributed by atoms with Crippen molar-refractivity contribution in [1.82, 2.24) is 10.6 Å². The molecule has 4 bridgehead atoms. The van der Waals surface area contributed by atoms with Crippen LogP contribution < -0.4 is 10.6 Å². The third-order valence-electron chi connectivity index (χ3n) is 6.52. The lowest BCUT2D eigenvalue weighted by molar-refractivity contribution is -0.0997. The van der Waals surface area contributed by atoms with Gasteiger partial charge in [-0.25, -0.2) is 0 Å². The first-order valence-electron chi connectivity index (χ1n) is 9.09. The Morgan fingerprint density at radius 1 is 1.00 bits per heavy atom. The molecule has 0 spiro atoms. The van der Waals surface area contributed by atoms with E-state index in [1.165, 1.54) is 71.0 Å². The lowest BCUT2D eigenvalue weighted by Crippen LogP contribution is -2.54. The highest BCUT2D eigenvalue weighted by molar-refractivity contribution is 5.06. The molecule has 2 atom stereocenters. The van der Waals surface area contributed by atoms with Gasteiger partial charge in [-0.15, -0.1) is 0 Å². The fraction of sp³-hybridized carbons (Fsp3) is 1.00. The van der Waals surface area contributed by atoms with Crippen LogP contribution in [0.1, 0.15) is 64.7 Å². The van der Waals surface area contributed by atoms with E-state index in [1.807, 2.05) is 0 Å². The van der Waals surface area contributed by atoms with Gasteiger partial charge < -0.3 is 10.6 Å². The summed E-state index contributed by atoms with van der Waals surface area (Å²) >= 11 is 0. The summed E-state index contributed by atoms with van der Waals surface area (Å²) in [6.45, 7) is 6.32. The molecular formula is C18H32N2. The molecule has 0 heterocycles. The van der Waals surface area contributed by atoms with Gasteiger partial charge in [0.2, 0.25) is 0 Å². The van der Waals surface area contributed by atoms with E-state index in [2.05, 4.69) is 17.6 Å². The lowest BCUT2D eigenvalue weighted by atomic mass is 9.44. The highest BCUT2D eigenvalue weighted by Gasteiger charge is 2.55. The van der Waals surface area contributed by atoms with Crippen molar-refractivity contribution in [3.8, 4) is 0 Å². The first kappa shape index (κ1) is 13.6. The van der Waals surface area contributed by atoms with Crippen molar-refractivity contribution in [2.45, 2.75) is 70.8 Å². The predicted octanol–water partition coefficient (Wildman–Crippen LogP) is 3.32. The Balaban J connectivity index is 1.23. The first-order chi connectivity index (χ1) is 9.65. The summed E-state index contributed by atoms with van der Waals surface area (Å²) in [5, 5.41) is 7.43. The van der Waals surface area contributed by atoms with Gasteiger partial charge in [0, 0.05) is 12.6 Å². The second-order valence-electron chi connectivity index (χ2n) is 9.03. The summed E-state index contributed by atoms with van der Waals surface area (Å²) in [4.78, 5) is 0. The molecule has 5 aliphatic rings. The molecule has 0 aromatic heterocycles. The monoisotopic (exact) mass is 276 g/mol. The molecule has 0 aliphatic heterocycles. The van der Waals surface area contributed by atoms with E-state index in [9.17, 15) is 0 Å². The van der Waals surface area contributed by atoms with Crippen LogP contribution in [0, 0.1) is 22.7 Å². The zero-order valence-corrected chi connectivity index (χ0v) is 13.2. The van der Waals surface area contributed by atoms with E-state index in [1.54, 1.807) is 6.42 Å². The number of rotatable bonds is 7. The summed E-state index contributed by atoms with van der Waals surface area (Å²) in [7, 11) is 0. The molecule has 0 saturated heterocycles. The van der Waals surface area contributed by atoms with Crippen molar-refractivity contribution in [2.24, 2.45) is 22.7 Å². The zero-order valence-electron chi connectivity index (χ0n) is 13.2. The van der Waals surface area contributed by atoms with Crippen LogP contribution in [-0.4, -0.2) is 25.7 Å². The third kappa shape index (κ3) is 2.78. The zero-order chi connectivity index (χ0) is 13.6. The lowest BCUT2D eigenvalue weighted by Gasteiger charge is -2.61. The van der Waals surface area contributed by atoms with Crippen molar-refractivity contribution in [3.05, 3.63) is 0 Å². The van der Waals surface area contributed by atoms with Crippen molar-refractivity contribution >= 4 is 0 Å². The van der Waals surface area contributed by atoms with Crippen LogP contribution in [0.25, 0.3) is 0 Å². The quantitative estimate of drug-likeness (QED) is 0.697.